The Balaban J connectivity index is 3.14. The van der Waals surface area contributed by atoms with Crippen LogP contribution in [0.3, 0.4) is 0 Å². The summed E-state index contributed by atoms with van der Waals surface area (Å²) in [5.74, 6) is 0. The summed E-state index contributed by atoms with van der Waals surface area (Å²) in [6, 6.07) is 0. The maximum Gasteiger partial charge on any atom is 0.294 e. The zero-order valence-corrected chi connectivity index (χ0v) is 10.6. The van der Waals surface area contributed by atoms with Crippen LogP contribution >= 0.6 is 0 Å². The van der Waals surface area contributed by atoms with Crippen LogP contribution in [0.1, 0.15) is 47.0 Å². The van der Waals surface area contributed by atoms with Gasteiger partial charge in [0.15, 0.2) is 4.93 Å². The summed E-state index contributed by atoms with van der Waals surface area (Å²) in [5.41, 5.74) is -0.571. The second-order valence-corrected chi connectivity index (χ2v) is 7.99. The first-order chi connectivity index (χ1) is 6.37. The van der Waals surface area contributed by atoms with Gasteiger partial charge in [-0.2, -0.15) is 8.42 Å². The number of aliphatic hydroxyl groups is 1. The van der Waals surface area contributed by atoms with Crippen molar-refractivity contribution in [3.8, 4) is 0 Å². The van der Waals surface area contributed by atoms with Crippen LogP contribution in [0.15, 0.2) is 0 Å². The van der Waals surface area contributed by atoms with Crippen molar-refractivity contribution in [3.05, 3.63) is 0 Å². The normalized spacial score (nSPS) is 28.7. The first kappa shape index (κ1) is 12.9. The minimum atomic E-state index is -4.41. The molecule has 0 atom stereocenters. The predicted molar refractivity (Wildman–Crippen MR) is 57.9 cm³/mol. The van der Waals surface area contributed by atoms with Gasteiger partial charge in [0.25, 0.3) is 10.1 Å². The highest BCUT2D eigenvalue weighted by Crippen LogP contribution is 2.51. The van der Waals surface area contributed by atoms with Gasteiger partial charge in [0.05, 0.1) is 0 Å². The molecule has 5 heteroatoms. The monoisotopic (exact) mass is 236 g/mol. The van der Waals surface area contributed by atoms with Gasteiger partial charge in [0.2, 0.25) is 0 Å². The molecule has 0 saturated heterocycles. The molecule has 1 aliphatic rings. The van der Waals surface area contributed by atoms with E-state index in [1.54, 1.807) is 0 Å². The van der Waals surface area contributed by atoms with Gasteiger partial charge in [-0.05, 0) is 30.1 Å². The van der Waals surface area contributed by atoms with Gasteiger partial charge < -0.3 is 5.11 Å². The standard InChI is InChI=1S/C10H20O4S/c1-8(2)5-9(3,4)7-10(11,6-8)15(12,13)14/h11H,5-7H2,1-4H3,(H,12,13,14). The van der Waals surface area contributed by atoms with Crippen LogP contribution in [-0.2, 0) is 10.1 Å². The van der Waals surface area contributed by atoms with Gasteiger partial charge in [0, 0.05) is 0 Å². The third kappa shape index (κ3) is 2.71. The van der Waals surface area contributed by atoms with Crippen molar-refractivity contribution in [2.24, 2.45) is 10.8 Å². The topological polar surface area (TPSA) is 74.6 Å². The van der Waals surface area contributed by atoms with Crippen LogP contribution in [0.5, 0.6) is 0 Å². The lowest BCUT2D eigenvalue weighted by Gasteiger charge is -2.47. The lowest BCUT2D eigenvalue weighted by molar-refractivity contribution is -0.0352. The van der Waals surface area contributed by atoms with E-state index in [1.165, 1.54) is 0 Å². The molecule has 4 nitrogen and oxygen atoms in total. The summed E-state index contributed by atoms with van der Waals surface area (Å²) in [6.07, 6.45) is 1.00. The maximum absolute atomic E-state index is 11.2. The van der Waals surface area contributed by atoms with Crippen LogP contribution in [0.4, 0.5) is 0 Å². The first-order valence-corrected chi connectivity index (χ1v) is 6.51. The zero-order chi connectivity index (χ0) is 12.1. The summed E-state index contributed by atoms with van der Waals surface area (Å²) >= 11 is 0. The van der Waals surface area contributed by atoms with Crippen molar-refractivity contribution in [2.75, 3.05) is 0 Å². The molecule has 0 spiro atoms. The van der Waals surface area contributed by atoms with E-state index in [1.807, 2.05) is 27.7 Å². The summed E-state index contributed by atoms with van der Waals surface area (Å²) in [5, 5.41) is 10.0. The fourth-order valence-corrected chi connectivity index (χ4v) is 4.31. The predicted octanol–water partition coefficient (Wildman–Crippen LogP) is 1.80. The molecule has 2 N–H and O–H groups in total. The Labute approximate surface area is 91.4 Å². The molecule has 1 aliphatic carbocycles. The Morgan fingerprint density at radius 1 is 0.933 bits per heavy atom. The minimum absolute atomic E-state index is 0.0856. The summed E-state index contributed by atoms with van der Waals surface area (Å²) in [6.45, 7) is 7.63. The van der Waals surface area contributed by atoms with E-state index in [2.05, 4.69) is 0 Å². The van der Waals surface area contributed by atoms with Gasteiger partial charge in [-0.15, -0.1) is 0 Å². The molecule has 0 aromatic carbocycles. The SMILES string of the molecule is CC1(C)CC(C)(C)CC(O)(S(=O)(=O)O)C1. The third-order valence-electron chi connectivity index (χ3n) is 2.95. The molecular formula is C10H20O4S. The van der Waals surface area contributed by atoms with Gasteiger partial charge in [-0.1, -0.05) is 27.7 Å². The van der Waals surface area contributed by atoms with E-state index < -0.39 is 15.1 Å². The molecule has 0 bridgehead atoms. The molecule has 1 fully saturated rings. The first-order valence-electron chi connectivity index (χ1n) is 5.06. The summed E-state index contributed by atoms with van der Waals surface area (Å²) < 4.78 is 31.5. The number of hydrogen-bond acceptors (Lipinski definition) is 3. The molecule has 0 unspecified atom stereocenters. The van der Waals surface area contributed by atoms with E-state index in [-0.39, 0.29) is 23.7 Å². The van der Waals surface area contributed by atoms with Crippen molar-refractivity contribution in [1.29, 1.82) is 0 Å². The molecule has 90 valence electrons. The highest BCUT2D eigenvalue weighted by atomic mass is 32.2. The number of rotatable bonds is 1. The second kappa shape index (κ2) is 3.18. The van der Waals surface area contributed by atoms with Gasteiger partial charge in [-0.3, -0.25) is 4.55 Å². The lowest BCUT2D eigenvalue weighted by Crippen LogP contribution is -2.50. The van der Waals surface area contributed by atoms with E-state index in [0.717, 1.165) is 6.42 Å². The fourth-order valence-electron chi connectivity index (χ4n) is 3.16. The number of hydrogen-bond donors (Lipinski definition) is 2. The Bertz CT molecular complexity index is 338. The lowest BCUT2D eigenvalue weighted by atomic mass is 9.64. The average molecular weight is 236 g/mol. The van der Waals surface area contributed by atoms with Crippen LogP contribution in [0.25, 0.3) is 0 Å². The highest BCUT2D eigenvalue weighted by Gasteiger charge is 2.53. The van der Waals surface area contributed by atoms with E-state index in [0.29, 0.717) is 0 Å². The molecule has 0 amide bonds. The van der Waals surface area contributed by atoms with Gasteiger partial charge in [0.1, 0.15) is 0 Å². The van der Waals surface area contributed by atoms with Crippen LogP contribution in [0, 0.1) is 10.8 Å². The Hall–Kier alpha value is -0.130. The molecular weight excluding hydrogens is 216 g/mol. The van der Waals surface area contributed by atoms with Crippen LogP contribution in [0.2, 0.25) is 0 Å². The zero-order valence-electron chi connectivity index (χ0n) is 9.74. The van der Waals surface area contributed by atoms with E-state index >= 15 is 0 Å². The van der Waals surface area contributed by atoms with Crippen molar-refractivity contribution in [3.63, 3.8) is 0 Å². The Morgan fingerprint density at radius 2 is 1.27 bits per heavy atom. The summed E-state index contributed by atoms with van der Waals surface area (Å²) in [7, 11) is -4.41. The van der Waals surface area contributed by atoms with Crippen molar-refractivity contribution in [1.82, 2.24) is 0 Å². The average Bonchev–Trinajstić information content (AvgIpc) is 1.72. The molecule has 0 aromatic heterocycles. The van der Waals surface area contributed by atoms with Crippen LogP contribution < -0.4 is 0 Å². The van der Waals surface area contributed by atoms with Crippen molar-refractivity contribution >= 4 is 10.1 Å². The largest absolute Gasteiger partial charge is 0.372 e. The molecule has 1 saturated carbocycles. The molecule has 15 heavy (non-hydrogen) atoms. The molecule has 1 rings (SSSR count). The molecule has 0 radical (unpaired) electrons. The molecule has 0 aliphatic heterocycles. The van der Waals surface area contributed by atoms with Gasteiger partial charge in [-0.25, -0.2) is 0 Å². The second-order valence-electron chi connectivity index (χ2n) is 6.28. The third-order valence-corrected chi connectivity index (χ3v) is 4.20. The van der Waals surface area contributed by atoms with Crippen molar-refractivity contribution < 1.29 is 18.1 Å². The van der Waals surface area contributed by atoms with E-state index in [9.17, 15) is 13.5 Å². The Morgan fingerprint density at radius 3 is 1.53 bits per heavy atom. The quantitative estimate of drug-likeness (QED) is 0.681. The fraction of sp³-hybridized carbons (Fsp3) is 1.00. The molecule has 0 aromatic rings. The maximum atomic E-state index is 11.2. The van der Waals surface area contributed by atoms with Crippen LogP contribution in [-0.4, -0.2) is 23.0 Å². The summed E-state index contributed by atoms with van der Waals surface area (Å²) in [4.78, 5) is -1.99. The van der Waals surface area contributed by atoms with Crippen molar-refractivity contribution in [2.45, 2.75) is 51.9 Å². The van der Waals surface area contributed by atoms with E-state index in [4.69, 9.17) is 4.55 Å². The van der Waals surface area contributed by atoms with Gasteiger partial charge >= 0.3 is 0 Å². The smallest absolute Gasteiger partial charge is 0.294 e. The Kier molecular flexibility index (Phi) is 2.74. The highest BCUT2D eigenvalue weighted by molar-refractivity contribution is 7.87. The molecule has 0 heterocycles. The minimum Gasteiger partial charge on any atom is -0.372 e.